The minimum Gasteiger partial charge on any atom is -0.502 e. The lowest BCUT2D eigenvalue weighted by Crippen LogP contribution is -2.20. The number of ether oxygens (including phenoxy) is 3. The molecule has 1 unspecified atom stereocenters. The zero-order valence-corrected chi connectivity index (χ0v) is 10.6. The van der Waals surface area contributed by atoms with E-state index < -0.39 is 0 Å². The Morgan fingerprint density at radius 1 is 1.44 bits per heavy atom. The quantitative estimate of drug-likeness (QED) is 0.595. The van der Waals surface area contributed by atoms with Gasteiger partial charge in [0, 0.05) is 6.04 Å². The summed E-state index contributed by atoms with van der Waals surface area (Å²) in [4.78, 5) is 0. The van der Waals surface area contributed by atoms with E-state index in [2.05, 4.69) is 24.9 Å². The van der Waals surface area contributed by atoms with Gasteiger partial charge in [-0.05, 0) is 37.6 Å². The van der Waals surface area contributed by atoms with Gasteiger partial charge in [-0.25, -0.2) is 0 Å². The molecule has 2 rings (SSSR count). The number of nitrogens with one attached hydrogen (secondary N) is 1. The molecule has 98 valence electrons. The smallest absolute Gasteiger partial charge is 0.231 e. The Morgan fingerprint density at radius 3 is 3.11 bits per heavy atom. The number of rotatable bonds is 7. The fourth-order valence-electron chi connectivity index (χ4n) is 1.86. The maximum Gasteiger partial charge on any atom is 0.231 e. The first kappa shape index (κ1) is 12.8. The van der Waals surface area contributed by atoms with Gasteiger partial charge in [0.25, 0.3) is 0 Å². The van der Waals surface area contributed by atoms with E-state index >= 15 is 0 Å². The molecule has 0 amide bonds. The number of hydrogen-bond acceptors (Lipinski definition) is 4. The summed E-state index contributed by atoms with van der Waals surface area (Å²) >= 11 is 0. The van der Waals surface area contributed by atoms with Crippen molar-refractivity contribution >= 4 is 0 Å². The van der Waals surface area contributed by atoms with Crippen molar-refractivity contribution in [1.82, 2.24) is 5.32 Å². The third-order valence-electron chi connectivity index (χ3n) is 2.90. The average molecular weight is 249 g/mol. The van der Waals surface area contributed by atoms with Crippen LogP contribution in [0.3, 0.4) is 0 Å². The highest BCUT2D eigenvalue weighted by molar-refractivity contribution is 5.45. The molecule has 0 radical (unpaired) electrons. The van der Waals surface area contributed by atoms with Crippen molar-refractivity contribution < 1.29 is 14.2 Å². The Balaban J connectivity index is 1.81. The highest BCUT2D eigenvalue weighted by Gasteiger charge is 2.15. The van der Waals surface area contributed by atoms with Crippen LogP contribution in [0.15, 0.2) is 31.0 Å². The summed E-state index contributed by atoms with van der Waals surface area (Å²) in [5.41, 5.74) is 1.20. The Kier molecular flexibility index (Phi) is 4.47. The van der Waals surface area contributed by atoms with Crippen molar-refractivity contribution in [3.8, 4) is 11.5 Å². The Bertz CT molecular complexity index is 406. The van der Waals surface area contributed by atoms with Crippen LogP contribution in [-0.4, -0.2) is 19.9 Å². The molecule has 1 heterocycles. The Labute approximate surface area is 108 Å². The maximum absolute atomic E-state index is 5.37. The van der Waals surface area contributed by atoms with E-state index in [1.54, 1.807) is 0 Å². The van der Waals surface area contributed by atoms with Gasteiger partial charge in [0.15, 0.2) is 11.5 Å². The van der Waals surface area contributed by atoms with Gasteiger partial charge in [0.05, 0.1) is 12.9 Å². The summed E-state index contributed by atoms with van der Waals surface area (Å²) in [7, 11) is 0. The van der Waals surface area contributed by atoms with E-state index in [1.807, 2.05) is 12.1 Å². The molecule has 0 spiro atoms. The molecule has 1 N–H and O–H groups in total. The van der Waals surface area contributed by atoms with Crippen LogP contribution in [0.25, 0.3) is 0 Å². The number of benzene rings is 1. The first-order valence-corrected chi connectivity index (χ1v) is 6.16. The molecular formula is C14H19NO3. The van der Waals surface area contributed by atoms with Crippen LogP contribution in [0.2, 0.25) is 0 Å². The molecule has 0 bridgehead atoms. The van der Waals surface area contributed by atoms with Gasteiger partial charge in [-0.1, -0.05) is 12.6 Å². The van der Waals surface area contributed by atoms with Crippen LogP contribution >= 0.6 is 0 Å². The predicted molar refractivity (Wildman–Crippen MR) is 69.7 cm³/mol. The molecule has 4 heteroatoms. The van der Waals surface area contributed by atoms with Gasteiger partial charge >= 0.3 is 0 Å². The van der Waals surface area contributed by atoms with Crippen molar-refractivity contribution in [3.63, 3.8) is 0 Å². The zero-order chi connectivity index (χ0) is 12.8. The lowest BCUT2D eigenvalue weighted by Gasteiger charge is -2.14. The summed E-state index contributed by atoms with van der Waals surface area (Å²) in [5.74, 6) is 1.65. The van der Waals surface area contributed by atoms with Gasteiger partial charge in [0.2, 0.25) is 6.79 Å². The molecule has 0 saturated heterocycles. The van der Waals surface area contributed by atoms with Crippen LogP contribution in [0.1, 0.15) is 24.9 Å². The average Bonchev–Trinajstić information content (AvgIpc) is 2.85. The van der Waals surface area contributed by atoms with Gasteiger partial charge < -0.3 is 19.5 Å². The van der Waals surface area contributed by atoms with Crippen molar-refractivity contribution in [2.75, 3.05) is 19.9 Å². The molecule has 1 aromatic rings. The van der Waals surface area contributed by atoms with E-state index in [-0.39, 0.29) is 6.04 Å². The summed E-state index contributed by atoms with van der Waals surface area (Å²) in [6.07, 6.45) is 2.43. The molecule has 4 nitrogen and oxygen atoms in total. The summed E-state index contributed by atoms with van der Waals surface area (Å²) in [6.45, 7) is 7.56. The summed E-state index contributed by atoms with van der Waals surface area (Å²) < 4.78 is 15.7. The van der Waals surface area contributed by atoms with Crippen LogP contribution in [0, 0.1) is 0 Å². The molecule has 1 aliphatic rings. The van der Waals surface area contributed by atoms with Gasteiger partial charge in [-0.2, -0.15) is 0 Å². The Hall–Kier alpha value is -1.68. The normalized spacial score (nSPS) is 14.3. The molecule has 0 fully saturated rings. The predicted octanol–water partition coefficient (Wildman–Crippen LogP) is 2.62. The van der Waals surface area contributed by atoms with Crippen molar-refractivity contribution in [3.05, 3.63) is 36.6 Å². The maximum atomic E-state index is 5.37. The summed E-state index contributed by atoms with van der Waals surface area (Å²) in [6, 6.07) is 6.32. The van der Waals surface area contributed by atoms with E-state index in [1.165, 1.54) is 11.8 Å². The molecule has 1 atom stereocenters. The second-order valence-electron chi connectivity index (χ2n) is 4.18. The lowest BCUT2D eigenvalue weighted by molar-refractivity contribution is 0.174. The lowest BCUT2D eigenvalue weighted by atomic mass is 10.1. The topological polar surface area (TPSA) is 39.7 Å². The van der Waals surface area contributed by atoms with Crippen LogP contribution in [0.5, 0.6) is 11.5 Å². The van der Waals surface area contributed by atoms with E-state index in [4.69, 9.17) is 14.2 Å². The largest absolute Gasteiger partial charge is 0.502 e. The van der Waals surface area contributed by atoms with Crippen molar-refractivity contribution in [2.45, 2.75) is 19.4 Å². The first-order valence-electron chi connectivity index (χ1n) is 6.16. The van der Waals surface area contributed by atoms with Crippen molar-refractivity contribution in [1.29, 1.82) is 0 Å². The molecule has 0 saturated carbocycles. The second kappa shape index (κ2) is 6.31. The third-order valence-corrected chi connectivity index (χ3v) is 2.90. The SMILES string of the molecule is C=COCCCNC(C)c1ccc2c(c1)OCO2. The van der Waals surface area contributed by atoms with E-state index in [9.17, 15) is 0 Å². The number of fused-ring (bicyclic) bond motifs is 1. The first-order chi connectivity index (χ1) is 8.81. The minimum atomic E-state index is 0.281. The molecule has 1 aromatic carbocycles. The highest BCUT2D eigenvalue weighted by atomic mass is 16.7. The molecule has 18 heavy (non-hydrogen) atoms. The van der Waals surface area contributed by atoms with Crippen molar-refractivity contribution in [2.24, 2.45) is 0 Å². The highest BCUT2D eigenvalue weighted by Crippen LogP contribution is 2.34. The zero-order valence-electron chi connectivity index (χ0n) is 10.6. The van der Waals surface area contributed by atoms with E-state index in [0.29, 0.717) is 13.4 Å². The second-order valence-corrected chi connectivity index (χ2v) is 4.18. The Morgan fingerprint density at radius 2 is 2.28 bits per heavy atom. The standard InChI is InChI=1S/C14H19NO3/c1-3-16-8-4-7-15-11(2)12-5-6-13-14(9-12)18-10-17-13/h3,5-6,9,11,15H,1,4,7-8,10H2,2H3. The third kappa shape index (κ3) is 3.17. The van der Waals surface area contributed by atoms with E-state index in [0.717, 1.165) is 24.5 Å². The van der Waals surface area contributed by atoms with Crippen LogP contribution in [-0.2, 0) is 4.74 Å². The van der Waals surface area contributed by atoms with Gasteiger partial charge in [-0.15, -0.1) is 0 Å². The van der Waals surface area contributed by atoms with Gasteiger partial charge in [0.1, 0.15) is 0 Å². The molecule has 0 aliphatic carbocycles. The molecule has 1 aliphatic heterocycles. The fourth-order valence-corrected chi connectivity index (χ4v) is 1.86. The fraction of sp³-hybridized carbons (Fsp3) is 0.429. The van der Waals surface area contributed by atoms with Crippen LogP contribution < -0.4 is 14.8 Å². The monoisotopic (exact) mass is 249 g/mol. The molecule has 0 aromatic heterocycles. The van der Waals surface area contributed by atoms with Gasteiger partial charge in [-0.3, -0.25) is 0 Å². The minimum absolute atomic E-state index is 0.281. The molecular weight excluding hydrogens is 230 g/mol. The summed E-state index contributed by atoms with van der Waals surface area (Å²) in [5, 5.41) is 3.44. The van der Waals surface area contributed by atoms with Crippen LogP contribution in [0.4, 0.5) is 0 Å². The number of hydrogen-bond donors (Lipinski definition) is 1.